The van der Waals surface area contributed by atoms with Crippen molar-refractivity contribution in [1.29, 1.82) is 0 Å². The highest BCUT2D eigenvalue weighted by atomic mass is 16.2. The zero-order valence-corrected chi connectivity index (χ0v) is 42.3. The van der Waals surface area contributed by atoms with Crippen molar-refractivity contribution < 1.29 is 32.9 Å². The molecule has 5 heterocycles. The standard InChI is InChI=1S/C55H65N8O4.3CH3/c1-3-62-52(64)46-21-14-19-44-42(23-25-48(50(44)46)53(62)65)17-8-4-6-10-27-58-35-37-60(40-58)29-12-13-30-61-38-36-59(41-61)28-11-7-5-9-18-43-24-26-49-51-45(43)20-15-22-47(51)54(66)63(55(49)67)32-16-31-57-34-33-56(2)39-57;;;/h14-15,19-26,33-41H,3-13,16-18,27-32H2,1-2H3;3*1H3/q+3;3*-1. The number of rotatable bonds is 24. The summed E-state index contributed by atoms with van der Waals surface area (Å²) in [5, 5.41) is 3.72. The number of hydrogen-bond donors (Lipinski definition) is 0. The van der Waals surface area contributed by atoms with E-state index in [-0.39, 0.29) is 45.9 Å². The van der Waals surface area contributed by atoms with Crippen molar-refractivity contribution in [3.63, 3.8) is 0 Å². The van der Waals surface area contributed by atoms with Crippen LogP contribution in [0.3, 0.4) is 0 Å². The summed E-state index contributed by atoms with van der Waals surface area (Å²) in [6.07, 6.45) is 33.1. The number of nitrogens with zero attached hydrogens (tertiary/aromatic N) is 8. The minimum atomic E-state index is -0.186. The minimum Gasteiger partial charge on any atom is -0.358 e. The fourth-order valence-corrected chi connectivity index (χ4v) is 10.3. The number of carbonyl (C=O) groups is 4. The number of amides is 4. The van der Waals surface area contributed by atoms with Crippen LogP contribution in [0, 0.1) is 22.3 Å². The first kappa shape index (κ1) is 52.7. The van der Waals surface area contributed by atoms with Crippen molar-refractivity contribution in [2.75, 3.05) is 13.1 Å². The van der Waals surface area contributed by atoms with E-state index in [9.17, 15) is 19.2 Å². The molecule has 0 aliphatic carbocycles. The zero-order valence-electron chi connectivity index (χ0n) is 42.3. The van der Waals surface area contributed by atoms with Crippen LogP contribution in [0.4, 0.5) is 0 Å². The summed E-state index contributed by atoms with van der Waals surface area (Å²) >= 11 is 0. The zero-order chi connectivity index (χ0) is 46.3. The molecule has 2 aliphatic rings. The van der Waals surface area contributed by atoms with E-state index in [1.54, 1.807) is 0 Å². The average Bonchev–Trinajstić information content (AvgIpc) is 4.11. The fourth-order valence-electron chi connectivity index (χ4n) is 10.3. The smallest absolute Gasteiger partial charge is 0.261 e. The van der Waals surface area contributed by atoms with Crippen molar-refractivity contribution in [3.8, 4) is 0 Å². The summed E-state index contributed by atoms with van der Waals surface area (Å²) < 4.78 is 13.3. The number of aromatic nitrogens is 6. The maximum absolute atomic E-state index is 13.5. The van der Waals surface area contributed by atoms with Gasteiger partial charge in [0.1, 0.15) is 37.2 Å². The molecule has 7 aromatic rings. The molecule has 0 saturated heterocycles. The van der Waals surface area contributed by atoms with E-state index in [0.717, 1.165) is 131 Å². The molecule has 0 unspecified atom stereocenters. The van der Waals surface area contributed by atoms with Crippen LogP contribution in [0.15, 0.2) is 117 Å². The van der Waals surface area contributed by atoms with Crippen LogP contribution in [0.1, 0.15) is 130 Å². The molecule has 0 radical (unpaired) electrons. The number of hydrogen-bond acceptors (Lipinski definition) is 4. The Balaban J connectivity index is 0.00000268. The normalized spacial score (nSPS) is 13.0. The maximum Gasteiger partial charge on any atom is 0.261 e. The molecule has 4 aromatic carbocycles. The quantitative estimate of drug-likeness (QED) is 0.0261. The lowest BCUT2D eigenvalue weighted by atomic mass is 9.89. The Bertz CT molecular complexity index is 2880. The van der Waals surface area contributed by atoms with Gasteiger partial charge in [0.2, 0.25) is 19.0 Å². The number of imide groups is 2. The molecule has 0 spiro atoms. The van der Waals surface area contributed by atoms with Gasteiger partial charge in [0.05, 0.1) is 39.8 Å². The second-order valence-corrected chi connectivity index (χ2v) is 18.6. The highest BCUT2D eigenvalue weighted by Crippen LogP contribution is 2.34. The van der Waals surface area contributed by atoms with E-state index >= 15 is 0 Å². The molecule has 4 amide bonds. The third kappa shape index (κ3) is 11.5. The number of unbranched alkanes of at least 4 members (excludes halogenated alkanes) is 7. The number of imidazole rings is 3. The number of aryl methyl sites for hydroxylation is 8. The van der Waals surface area contributed by atoms with E-state index in [4.69, 9.17) is 0 Å². The van der Waals surface area contributed by atoms with Gasteiger partial charge in [-0.05, 0) is 117 Å². The van der Waals surface area contributed by atoms with Gasteiger partial charge in [0, 0.05) is 52.5 Å². The van der Waals surface area contributed by atoms with Crippen LogP contribution >= 0.6 is 0 Å². The first-order valence-electron chi connectivity index (χ1n) is 24.7. The monoisotopic (exact) mass is 947 g/mol. The van der Waals surface area contributed by atoms with Crippen molar-refractivity contribution in [1.82, 2.24) is 23.5 Å². The Kier molecular flexibility index (Phi) is 18.2. The molecule has 70 heavy (non-hydrogen) atoms. The van der Waals surface area contributed by atoms with Crippen LogP contribution in [-0.4, -0.2) is 60.2 Å². The third-order valence-corrected chi connectivity index (χ3v) is 13.9. The van der Waals surface area contributed by atoms with Crippen molar-refractivity contribution in [3.05, 3.63) is 172 Å². The van der Waals surface area contributed by atoms with Crippen LogP contribution in [0.5, 0.6) is 0 Å². The molecule has 0 saturated carbocycles. The summed E-state index contributed by atoms with van der Waals surface area (Å²) in [7, 11) is 1.98. The molecule has 12 heteroatoms. The van der Waals surface area contributed by atoms with Gasteiger partial charge in [-0.15, -0.1) is 0 Å². The van der Waals surface area contributed by atoms with E-state index in [1.807, 2.05) is 73.7 Å². The molecule has 3 aromatic heterocycles. The average molecular weight is 947 g/mol. The topological polar surface area (TPSA) is 101 Å². The maximum atomic E-state index is 13.5. The molecule has 12 nitrogen and oxygen atoms in total. The lowest BCUT2D eigenvalue weighted by Crippen LogP contribution is -2.41. The second-order valence-electron chi connectivity index (χ2n) is 18.6. The van der Waals surface area contributed by atoms with Crippen LogP contribution in [0.25, 0.3) is 21.5 Å². The molecule has 370 valence electrons. The predicted octanol–water partition coefficient (Wildman–Crippen LogP) is 9.54. The third-order valence-electron chi connectivity index (χ3n) is 13.9. The molecule has 0 fully saturated rings. The fraction of sp³-hybridized carbons (Fsp3) is 0.379. The van der Waals surface area contributed by atoms with E-state index < -0.39 is 0 Å². The van der Waals surface area contributed by atoms with Gasteiger partial charge >= 0.3 is 0 Å². The van der Waals surface area contributed by atoms with Gasteiger partial charge in [0.25, 0.3) is 23.6 Å². The van der Waals surface area contributed by atoms with Gasteiger partial charge in [0.15, 0.2) is 0 Å². The van der Waals surface area contributed by atoms with Gasteiger partial charge in [-0.1, -0.05) is 49.2 Å². The summed E-state index contributed by atoms with van der Waals surface area (Å²) in [5.74, 6) is -0.742. The molecule has 2 aliphatic heterocycles. The Morgan fingerprint density at radius 2 is 0.857 bits per heavy atom. The van der Waals surface area contributed by atoms with E-state index in [0.29, 0.717) is 41.8 Å². The lowest BCUT2D eigenvalue weighted by molar-refractivity contribution is -0.697. The Morgan fingerprint density at radius 3 is 1.33 bits per heavy atom. The highest BCUT2D eigenvalue weighted by Gasteiger charge is 2.34. The van der Waals surface area contributed by atoms with Gasteiger partial charge in [-0.25, -0.2) is 27.4 Å². The second kappa shape index (κ2) is 24.2. The largest absolute Gasteiger partial charge is 0.358 e. The lowest BCUT2D eigenvalue weighted by Gasteiger charge is -2.27. The van der Waals surface area contributed by atoms with Gasteiger partial charge in [-0.2, -0.15) is 0 Å². The van der Waals surface area contributed by atoms with Crippen molar-refractivity contribution in [2.45, 2.75) is 123 Å². The van der Waals surface area contributed by atoms with E-state index in [2.05, 4.69) is 84.5 Å². The SMILES string of the molecule is CCN1C(=O)c2cccc3c(CCCCCC[n+]4ccn(CCCCn5cc[n+](CCCCCCc6ccc7c8c(cccc68)C(=O)N(CCCn6cc[n+](C)c6)C7=O)c5)c4)ccc(c23)C1=O.[CH3-].[CH3-].[CH3-]. The first-order chi connectivity index (χ1) is 32.8. The molecular weight excluding hydrogens is 873 g/mol. The molecule has 0 bridgehead atoms. The Hall–Kier alpha value is -6.69. The van der Waals surface area contributed by atoms with Crippen molar-refractivity contribution >= 4 is 45.2 Å². The van der Waals surface area contributed by atoms with Crippen LogP contribution in [0.2, 0.25) is 0 Å². The molecule has 0 N–H and O–H groups in total. The van der Waals surface area contributed by atoms with Gasteiger partial charge < -0.3 is 22.3 Å². The van der Waals surface area contributed by atoms with Crippen LogP contribution < -0.4 is 13.7 Å². The van der Waals surface area contributed by atoms with Crippen LogP contribution in [-0.2, 0) is 52.6 Å². The highest BCUT2D eigenvalue weighted by molar-refractivity contribution is 6.26. The summed E-state index contributed by atoms with van der Waals surface area (Å²) in [4.78, 5) is 55.8. The summed E-state index contributed by atoms with van der Waals surface area (Å²) in [5.41, 5.74) is 4.99. The first-order valence-corrected chi connectivity index (χ1v) is 24.7. The summed E-state index contributed by atoms with van der Waals surface area (Å²) in [6.45, 7) is 7.43. The number of carbonyl (C=O) groups excluding carboxylic acids is 4. The van der Waals surface area contributed by atoms with Crippen molar-refractivity contribution in [2.24, 2.45) is 7.05 Å². The summed E-state index contributed by atoms with van der Waals surface area (Å²) in [6, 6.07) is 19.8. The molecule has 0 atom stereocenters. The Morgan fingerprint density at radius 1 is 0.429 bits per heavy atom. The minimum absolute atomic E-state index is 0. The van der Waals surface area contributed by atoms with E-state index in [1.165, 1.54) is 20.9 Å². The predicted molar refractivity (Wildman–Crippen MR) is 277 cm³/mol. The molecular formula is C58H74N8O4. The molecule has 9 rings (SSSR count). The number of benzene rings is 4. The Labute approximate surface area is 415 Å². The van der Waals surface area contributed by atoms with Gasteiger partial charge in [-0.3, -0.25) is 29.0 Å².